The largest absolute Gasteiger partial charge is 0.311 e. The van der Waals surface area contributed by atoms with Crippen molar-refractivity contribution in [3.63, 3.8) is 0 Å². The quantitative estimate of drug-likeness (QED) is 0.540. The van der Waals surface area contributed by atoms with Gasteiger partial charge in [0.05, 0.1) is 9.67 Å². The Hall–Kier alpha value is -0.430. The molecule has 3 aromatic rings. The Labute approximate surface area is 142 Å². The van der Waals surface area contributed by atoms with Crippen molar-refractivity contribution in [1.29, 1.82) is 0 Å². The van der Waals surface area contributed by atoms with Crippen LogP contribution in [0.5, 0.6) is 0 Å². The van der Waals surface area contributed by atoms with Crippen LogP contribution in [0, 0.1) is 0 Å². The van der Waals surface area contributed by atoms with Crippen LogP contribution in [0.4, 0.5) is 0 Å². The number of thiophene rings is 1. The fourth-order valence-electron chi connectivity index (χ4n) is 2.08. The first-order valence-electron chi connectivity index (χ1n) is 5.98. The summed E-state index contributed by atoms with van der Waals surface area (Å²) in [6, 6.07) is 6.18. The highest BCUT2D eigenvalue weighted by molar-refractivity contribution is 9.11. The molecule has 0 aliphatic carbocycles. The molecule has 0 aliphatic rings. The molecule has 0 atom stereocenters. The van der Waals surface area contributed by atoms with Crippen LogP contribution in [-0.4, -0.2) is 14.5 Å². The lowest BCUT2D eigenvalue weighted by atomic mass is 10.3. The maximum Gasteiger partial charge on any atom is 0.160 e. The van der Waals surface area contributed by atoms with Crippen LogP contribution >= 0.6 is 54.8 Å². The van der Waals surface area contributed by atoms with Crippen molar-refractivity contribution in [3.8, 4) is 0 Å². The number of fused-ring (bicyclic) bond motifs is 1. The minimum Gasteiger partial charge on any atom is -0.311 e. The van der Waals surface area contributed by atoms with Gasteiger partial charge in [0, 0.05) is 22.1 Å². The summed E-state index contributed by atoms with van der Waals surface area (Å²) in [5.41, 5.74) is 1.77. The molecule has 3 aromatic heterocycles. The van der Waals surface area contributed by atoms with Crippen molar-refractivity contribution in [2.45, 2.75) is 18.8 Å². The third-order valence-corrected chi connectivity index (χ3v) is 5.32. The van der Waals surface area contributed by atoms with E-state index in [-0.39, 0.29) is 0 Å². The fourth-order valence-corrected chi connectivity index (χ4v) is 4.07. The van der Waals surface area contributed by atoms with Crippen LogP contribution in [0.2, 0.25) is 0 Å². The first-order chi connectivity index (χ1) is 9.67. The van der Waals surface area contributed by atoms with Crippen LogP contribution in [0.25, 0.3) is 11.2 Å². The molecule has 20 heavy (non-hydrogen) atoms. The smallest absolute Gasteiger partial charge is 0.160 e. The van der Waals surface area contributed by atoms with Crippen molar-refractivity contribution in [2.75, 3.05) is 0 Å². The molecular formula is C13H10Br2ClN3S. The Bertz CT molecular complexity index is 753. The molecule has 0 aromatic carbocycles. The predicted octanol–water partition coefficient (Wildman–Crippen LogP) is 5.00. The predicted molar refractivity (Wildman–Crippen MR) is 90.5 cm³/mol. The van der Waals surface area contributed by atoms with E-state index in [4.69, 9.17) is 11.6 Å². The zero-order chi connectivity index (χ0) is 14.1. The first-order valence-corrected chi connectivity index (χ1v) is 8.92. The van der Waals surface area contributed by atoms with Crippen LogP contribution in [0.1, 0.15) is 10.7 Å². The van der Waals surface area contributed by atoms with Gasteiger partial charge < -0.3 is 4.57 Å². The number of pyridine rings is 1. The number of halogens is 3. The van der Waals surface area contributed by atoms with Gasteiger partial charge in [-0.2, -0.15) is 0 Å². The molecule has 0 amide bonds. The van der Waals surface area contributed by atoms with E-state index >= 15 is 0 Å². The highest BCUT2D eigenvalue weighted by Crippen LogP contribution is 2.24. The Morgan fingerprint density at radius 1 is 1.30 bits per heavy atom. The van der Waals surface area contributed by atoms with Gasteiger partial charge in [0.15, 0.2) is 5.65 Å². The fraction of sp³-hybridized carbons (Fsp3) is 0.231. The second-order valence-corrected chi connectivity index (χ2v) is 8.00. The van der Waals surface area contributed by atoms with E-state index in [0.717, 1.165) is 38.2 Å². The second kappa shape index (κ2) is 6.13. The normalized spacial score (nSPS) is 11.3. The summed E-state index contributed by atoms with van der Waals surface area (Å²) in [5, 5.41) is 0. The SMILES string of the molecule is ClCc1nc2cc(Br)cnc2n1CCc1ccc(Br)s1. The number of imidazole rings is 1. The van der Waals surface area contributed by atoms with Gasteiger partial charge >= 0.3 is 0 Å². The zero-order valence-electron chi connectivity index (χ0n) is 10.3. The Kier molecular flexibility index (Phi) is 4.45. The number of aromatic nitrogens is 3. The number of aryl methyl sites for hydroxylation is 2. The third kappa shape index (κ3) is 2.93. The highest BCUT2D eigenvalue weighted by atomic mass is 79.9. The van der Waals surface area contributed by atoms with E-state index in [1.165, 1.54) is 4.88 Å². The number of hydrogen-bond donors (Lipinski definition) is 0. The lowest BCUT2D eigenvalue weighted by Crippen LogP contribution is -2.05. The third-order valence-electron chi connectivity index (χ3n) is 2.96. The molecule has 7 heteroatoms. The van der Waals surface area contributed by atoms with Crippen LogP contribution < -0.4 is 0 Å². The molecule has 0 radical (unpaired) electrons. The van der Waals surface area contributed by atoms with Crippen molar-refractivity contribution in [1.82, 2.24) is 14.5 Å². The second-order valence-electron chi connectivity index (χ2n) is 4.27. The molecule has 0 unspecified atom stereocenters. The molecule has 3 nitrogen and oxygen atoms in total. The molecule has 0 aliphatic heterocycles. The maximum absolute atomic E-state index is 6.00. The van der Waals surface area contributed by atoms with Gasteiger partial charge in [-0.1, -0.05) is 0 Å². The van der Waals surface area contributed by atoms with Gasteiger partial charge in [0.2, 0.25) is 0 Å². The monoisotopic (exact) mass is 433 g/mol. The maximum atomic E-state index is 6.00. The van der Waals surface area contributed by atoms with Gasteiger partial charge in [-0.3, -0.25) is 0 Å². The van der Waals surface area contributed by atoms with E-state index in [1.807, 2.05) is 6.07 Å². The molecule has 0 saturated carbocycles. The van der Waals surface area contributed by atoms with Crippen molar-refractivity contribution >= 4 is 66.0 Å². The summed E-state index contributed by atoms with van der Waals surface area (Å²) in [6.07, 6.45) is 2.74. The Morgan fingerprint density at radius 2 is 2.15 bits per heavy atom. The standard InChI is InChI=1S/C13H10Br2ClN3S/c14-8-5-10-13(17-7-8)19(12(6-16)18-10)4-3-9-1-2-11(15)20-9/h1-2,5,7H,3-4,6H2. The number of hydrogen-bond acceptors (Lipinski definition) is 3. The Morgan fingerprint density at radius 3 is 2.85 bits per heavy atom. The van der Waals surface area contributed by atoms with Crippen molar-refractivity contribution in [2.24, 2.45) is 0 Å². The molecule has 0 spiro atoms. The van der Waals surface area contributed by atoms with E-state index < -0.39 is 0 Å². The number of alkyl halides is 1. The van der Waals surface area contributed by atoms with Gasteiger partial charge in [0.25, 0.3) is 0 Å². The van der Waals surface area contributed by atoms with Gasteiger partial charge in [-0.25, -0.2) is 9.97 Å². The van der Waals surface area contributed by atoms with Crippen molar-refractivity contribution < 1.29 is 0 Å². The van der Waals surface area contributed by atoms with Gasteiger partial charge in [-0.15, -0.1) is 22.9 Å². The van der Waals surface area contributed by atoms with E-state index in [9.17, 15) is 0 Å². The molecule has 0 N–H and O–H groups in total. The summed E-state index contributed by atoms with van der Waals surface area (Å²) < 4.78 is 4.18. The van der Waals surface area contributed by atoms with E-state index in [1.54, 1.807) is 17.5 Å². The zero-order valence-corrected chi connectivity index (χ0v) is 15.1. The summed E-state index contributed by atoms with van der Waals surface area (Å²) in [6.45, 7) is 0.833. The summed E-state index contributed by atoms with van der Waals surface area (Å²) >= 11 is 14.7. The minimum atomic E-state index is 0.391. The van der Waals surface area contributed by atoms with Crippen LogP contribution in [0.15, 0.2) is 32.7 Å². The minimum absolute atomic E-state index is 0.391. The summed E-state index contributed by atoms with van der Waals surface area (Å²) in [5.74, 6) is 1.25. The molecule has 0 fully saturated rings. The molecule has 0 saturated heterocycles. The molecule has 3 heterocycles. The van der Waals surface area contributed by atoms with E-state index in [2.05, 4.69) is 58.5 Å². The van der Waals surface area contributed by atoms with Crippen molar-refractivity contribution in [3.05, 3.63) is 43.4 Å². The van der Waals surface area contributed by atoms with Crippen LogP contribution in [-0.2, 0) is 18.8 Å². The number of nitrogens with zero attached hydrogens (tertiary/aromatic N) is 3. The van der Waals surface area contributed by atoms with Gasteiger partial charge in [-0.05, 0) is 56.5 Å². The lowest BCUT2D eigenvalue weighted by molar-refractivity contribution is 0.687. The molecule has 0 bridgehead atoms. The van der Waals surface area contributed by atoms with Crippen LogP contribution in [0.3, 0.4) is 0 Å². The molecule has 3 rings (SSSR count). The summed E-state index contributed by atoms with van der Waals surface area (Å²) in [4.78, 5) is 10.3. The average molecular weight is 436 g/mol. The average Bonchev–Trinajstić information content (AvgIpc) is 2.99. The number of rotatable bonds is 4. The van der Waals surface area contributed by atoms with E-state index in [0.29, 0.717) is 5.88 Å². The van der Waals surface area contributed by atoms with Gasteiger partial charge in [0.1, 0.15) is 11.3 Å². The first kappa shape index (κ1) is 14.5. The molecular weight excluding hydrogens is 425 g/mol. The summed E-state index contributed by atoms with van der Waals surface area (Å²) in [7, 11) is 0. The topological polar surface area (TPSA) is 30.7 Å². The highest BCUT2D eigenvalue weighted by Gasteiger charge is 2.12. The lowest BCUT2D eigenvalue weighted by Gasteiger charge is -2.05. The Balaban J connectivity index is 1.93. The molecule has 104 valence electrons.